The summed E-state index contributed by atoms with van der Waals surface area (Å²) in [6.07, 6.45) is 0. The molecule has 0 unspecified atom stereocenters. The van der Waals surface area contributed by atoms with Gasteiger partial charge >= 0.3 is 5.97 Å². The number of carbonyl (C=O) groups is 1. The molecule has 1 N–H and O–H groups in total. The van der Waals surface area contributed by atoms with E-state index in [9.17, 15) is 14.9 Å². The monoisotopic (exact) mass is 353 g/mol. The Morgan fingerprint density at radius 1 is 1.20 bits per heavy atom. The molecule has 5 nitrogen and oxygen atoms in total. The first-order valence-electron chi connectivity index (χ1n) is 5.42. The van der Waals surface area contributed by atoms with Gasteiger partial charge in [0.1, 0.15) is 0 Å². The number of aromatic carboxylic acids is 1. The van der Waals surface area contributed by atoms with Crippen LogP contribution in [0.2, 0.25) is 0 Å². The maximum absolute atomic E-state index is 11.0. The van der Waals surface area contributed by atoms with Gasteiger partial charge < -0.3 is 5.11 Å². The van der Waals surface area contributed by atoms with Gasteiger partial charge in [0.05, 0.1) is 15.4 Å². The molecule has 2 aromatic carbocycles. The van der Waals surface area contributed by atoms with Crippen molar-refractivity contribution in [2.45, 2.75) is 9.79 Å². The summed E-state index contributed by atoms with van der Waals surface area (Å²) in [6, 6.07) is 11.0. The van der Waals surface area contributed by atoms with Gasteiger partial charge in [-0.2, -0.15) is 0 Å². The minimum absolute atomic E-state index is 0.00619. The van der Waals surface area contributed by atoms with E-state index in [0.29, 0.717) is 9.37 Å². The number of hydrogen-bond donors (Lipinski definition) is 1. The predicted molar refractivity (Wildman–Crippen MR) is 78.3 cm³/mol. The molecule has 2 rings (SSSR count). The lowest BCUT2D eigenvalue weighted by molar-refractivity contribution is -0.387. The molecule has 20 heavy (non-hydrogen) atoms. The fraction of sp³-hybridized carbons (Fsp3) is 0. The zero-order valence-corrected chi connectivity index (χ0v) is 12.3. The van der Waals surface area contributed by atoms with Gasteiger partial charge in [0.2, 0.25) is 0 Å². The van der Waals surface area contributed by atoms with E-state index < -0.39 is 10.9 Å². The van der Waals surface area contributed by atoms with Crippen LogP contribution in [0, 0.1) is 10.1 Å². The SMILES string of the molecule is O=C(O)c1ccc(Sc2ccc(Br)cc2[N+](=O)[O-])cc1. The lowest BCUT2D eigenvalue weighted by Crippen LogP contribution is -1.95. The van der Waals surface area contributed by atoms with Gasteiger partial charge in [-0.05, 0) is 36.4 Å². The number of halogens is 1. The van der Waals surface area contributed by atoms with Crippen LogP contribution in [0.15, 0.2) is 56.7 Å². The molecule has 0 fully saturated rings. The standard InChI is InChI=1S/C13H8BrNO4S/c14-9-3-6-12(11(7-9)15(18)19)20-10-4-1-8(2-5-10)13(16)17/h1-7H,(H,16,17). The van der Waals surface area contributed by atoms with Gasteiger partial charge in [-0.25, -0.2) is 4.79 Å². The summed E-state index contributed by atoms with van der Waals surface area (Å²) >= 11 is 4.41. The largest absolute Gasteiger partial charge is 0.478 e. The fourth-order valence-corrected chi connectivity index (χ4v) is 2.76. The average Bonchev–Trinajstić information content (AvgIpc) is 2.41. The van der Waals surface area contributed by atoms with Crippen LogP contribution in [-0.2, 0) is 0 Å². The number of nitrogens with zero attached hydrogens (tertiary/aromatic N) is 1. The van der Waals surface area contributed by atoms with Crippen molar-refractivity contribution in [2.75, 3.05) is 0 Å². The van der Waals surface area contributed by atoms with Crippen LogP contribution in [0.4, 0.5) is 5.69 Å². The summed E-state index contributed by atoms with van der Waals surface area (Å²) in [5.41, 5.74) is 0.186. The maximum atomic E-state index is 11.0. The van der Waals surface area contributed by atoms with E-state index in [1.807, 2.05) is 0 Å². The molecule has 0 heterocycles. The van der Waals surface area contributed by atoms with Gasteiger partial charge in [-0.15, -0.1) is 0 Å². The molecule has 0 atom stereocenters. The Balaban J connectivity index is 2.30. The minimum Gasteiger partial charge on any atom is -0.478 e. The van der Waals surface area contributed by atoms with Gasteiger partial charge in [0.15, 0.2) is 0 Å². The van der Waals surface area contributed by atoms with Crippen LogP contribution in [0.25, 0.3) is 0 Å². The highest BCUT2D eigenvalue weighted by molar-refractivity contribution is 9.10. The molecule has 7 heteroatoms. The van der Waals surface area contributed by atoms with Crippen LogP contribution in [-0.4, -0.2) is 16.0 Å². The summed E-state index contributed by atoms with van der Waals surface area (Å²) in [5, 5.41) is 19.8. The maximum Gasteiger partial charge on any atom is 0.335 e. The van der Waals surface area contributed by atoms with E-state index in [1.165, 1.54) is 30.0 Å². The number of carboxylic acid groups (broad SMARTS) is 1. The van der Waals surface area contributed by atoms with Crippen molar-refractivity contribution in [3.63, 3.8) is 0 Å². The van der Waals surface area contributed by atoms with E-state index in [-0.39, 0.29) is 11.3 Å². The van der Waals surface area contributed by atoms with Crippen molar-refractivity contribution in [2.24, 2.45) is 0 Å². The molecular weight excluding hydrogens is 346 g/mol. The van der Waals surface area contributed by atoms with E-state index in [1.54, 1.807) is 24.3 Å². The third kappa shape index (κ3) is 3.37. The molecule has 0 aliphatic heterocycles. The average molecular weight is 354 g/mol. The Morgan fingerprint density at radius 2 is 1.85 bits per heavy atom. The van der Waals surface area contributed by atoms with Crippen LogP contribution in [0.5, 0.6) is 0 Å². The molecule has 102 valence electrons. The Morgan fingerprint density at radius 3 is 2.40 bits per heavy atom. The van der Waals surface area contributed by atoms with E-state index in [2.05, 4.69) is 15.9 Å². The molecule has 2 aromatic rings. The van der Waals surface area contributed by atoms with Crippen molar-refractivity contribution >= 4 is 39.3 Å². The summed E-state index contributed by atoms with van der Waals surface area (Å²) in [6.45, 7) is 0. The molecule has 0 saturated heterocycles. The minimum atomic E-state index is -1.00. The van der Waals surface area contributed by atoms with Gasteiger partial charge in [-0.1, -0.05) is 27.7 Å². The first-order valence-corrected chi connectivity index (χ1v) is 7.03. The quantitative estimate of drug-likeness (QED) is 0.657. The molecule has 0 spiro atoms. The lowest BCUT2D eigenvalue weighted by atomic mass is 10.2. The predicted octanol–water partition coefficient (Wildman–Crippen LogP) is 4.21. The van der Waals surface area contributed by atoms with Crippen molar-refractivity contribution in [1.82, 2.24) is 0 Å². The Bertz CT molecular complexity index is 673. The summed E-state index contributed by atoms with van der Waals surface area (Å²) < 4.78 is 0.634. The van der Waals surface area contributed by atoms with Gasteiger partial charge in [-0.3, -0.25) is 10.1 Å². The smallest absolute Gasteiger partial charge is 0.335 e. The Hall–Kier alpha value is -1.86. The molecule has 0 aromatic heterocycles. The van der Waals surface area contributed by atoms with Crippen LogP contribution >= 0.6 is 27.7 Å². The van der Waals surface area contributed by atoms with Gasteiger partial charge in [0, 0.05) is 15.4 Å². The highest BCUT2D eigenvalue weighted by Gasteiger charge is 2.15. The number of rotatable bonds is 4. The molecule has 0 amide bonds. The molecule has 0 saturated carbocycles. The molecule has 0 radical (unpaired) electrons. The Kier molecular flexibility index (Phi) is 4.41. The summed E-state index contributed by atoms with van der Waals surface area (Å²) in [5.74, 6) is -1.00. The molecule has 0 aliphatic carbocycles. The second-order valence-corrected chi connectivity index (χ2v) is 5.83. The highest BCUT2D eigenvalue weighted by Crippen LogP contribution is 2.36. The second kappa shape index (κ2) is 6.06. The van der Waals surface area contributed by atoms with Gasteiger partial charge in [0.25, 0.3) is 5.69 Å². The van der Waals surface area contributed by atoms with Crippen molar-refractivity contribution in [1.29, 1.82) is 0 Å². The molecule has 0 aliphatic rings. The van der Waals surface area contributed by atoms with Crippen molar-refractivity contribution in [3.8, 4) is 0 Å². The Labute approximate surface area is 126 Å². The third-order valence-corrected chi connectivity index (χ3v) is 4.01. The highest BCUT2D eigenvalue weighted by atomic mass is 79.9. The van der Waals surface area contributed by atoms with Crippen LogP contribution < -0.4 is 0 Å². The zero-order chi connectivity index (χ0) is 14.7. The molecule has 0 bridgehead atoms. The summed E-state index contributed by atoms with van der Waals surface area (Å²) in [4.78, 5) is 22.5. The third-order valence-electron chi connectivity index (χ3n) is 2.45. The van der Waals surface area contributed by atoms with Crippen LogP contribution in [0.3, 0.4) is 0 Å². The first kappa shape index (κ1) is 14.5. The normalized spacial score (nSPS) is 10.2. The number of nitro benzene ring substituents is 1. The summed E-state index contributed by atoms with van der Waals surface area (Å²) in [7, 11) is 0. The van der Waals surface area contributed by atoms with Crippen molar-refractivity contribution in [3.05, 3.63) is 62.6 Å². The van der Waals surface area contributed by atoms with E-state index >= 15 is 0 Å². The lowest BCUT2D eigenvalue weighted by Gasteiger charge is -2.04. The van der Waals surface area contributed by atoms with Crippen LogP contribution in [0.1, 0.15) is 10.4 Å². The molecular formula is C13H8BrNO4S. The van der Waals surface area contributed by atoms with Crippen molar-refractivity contribution < 1.29 is 14.8 Å². The second-order valence-electron chi connectivity index (χ2n) is 3.80. The number of carboxylic acids is 1. The number of nitro groups is 1. The van der Waals surface area contributed by atoms with E-state index in [0.717, 1.165) is 4.90 Å². The zero-order valence-electron chi connectivity index (χ0n) is 9.95. The first-order chi connectivity index (χ1) is 9.47. The van der Waals surface area contributed by atoms with E-state index in [4.69, 9.17) is 5.11 Å². The topological polar surface area (TPSA) is 80.4 Å². The number of benzene rings is 2. The number of hydrogen-bond acceptors (Lipinski definition) is 4. The fourth-order valence-electron chi connectivity index (χ4n) is 1.51.